The fraction of sp³-hybridized carbons (Fsp3) is 0.500. The Balaban J connectivity index is 2.60. The molecule has 0 aliphatic heterocycles. The topological polar surface area (TPSA) is 22.1 Å². The molecule has 0 spiro atoms. The molecule has 0 aliphatic rings. The number of hydrogen-bond acceptors (Lipinski definition) is 2. The van der Waals surface area contributed by atoms with Gasteiger partial charge in [0.25, 0.3) is 0 Å². The zero-order valence-corrected chi connectivity index (χ0v) is 8.17. The van der Waals surface area contributed by atoms with Crippen molar-refractivity contribution in [2.45, 2.75) is 20.8 Å². The zero-order chi connectivity index (χ0) is 9.90. The van der Waals surface area contributed by atoms with Crippen LogP contribution in [-0.2, 0) is 0 Å². The standard InChI is InChI=1S/C10H14FNO/c1-10(2,3)7-13-9-8(11)5-4-6-12-9/h4-6H,7H2,1-3H3. The molecule has 13 heavy (non-hydrogen) atoms. The quantitative estimate of drug-likeness (QED) is 0.703. The number of halogens is 1. The summed E-state index contributed by atoms with van der Waals surface area (Å²) in [6.07, 6.45) is 1.51. The van der Waals surface area contributed by atoms with Crippen LogP contribution in [0.3, 0.4) is 0 Å². The molecule has 2 nitrogen and oxygen atoms in total. The van der Waals surface area contributed by atoms with Crippen LogP contribution >= 0.6 is 0 Å². The van der Waals surface area contributed by atoms with Crippen LogP contribution in [0.25, 0.3) is 0 Å². The van der Waals surface area contributed by atoms with E-state index >= 15 is 0 Å². The smallest absolute Gasteiger partial charge is 0.250 e. The highest BCUT2D eigenvalue weighted by atomic mass is 19.1. The first-order valence-corrected chi connectivity index (χ1v) is 4.22. The van der Waals surface area contributed by atoms with Gasteiger partial charge in [-0.2, -0.15) is 0 Å². The number of aromatic nitrogens is 1. The Kier molecular flexibility index (Phi) is 2.86. The summed E-state index contributed by atoms with van der Waals surface area (Å²) in [4.78, 5) is 3.78. The van der Waals surface area contributed by atoms with Gasteiger partial charge in [0.2, 0.25) is 5.88 Å². The molecular formula is C10H14FNO. The van der Waals surface area contributed by atoms with Gasteiger partial charge in [0.1, 0.15) is 0 Å². The third-order valence-corrected chi connectivity index (χ3v) is 1.37. The predicted octanol–water partition coefficient (Wildman–Crippen LogP) is 2.65. The van der Waals surface area contributed by atoms with E-state index < -0.39 is 5.82 Å². The monoisotopic (exact) mass is 183 g/mol. The Hall–Kier alpha value is -1.12. The maximum atomic E-state index is 13.0. The molecule has 0 aromatic carbocycles. The van der Waals surface area contributed by atoms with Gasteiger partial charge in [-0.15, -0.1) is 0 Å². The van der Waals surface area contributed by atoms with Crippen molar-refractivity contribution in [2.75, 3.05) is 6.61 Å². The molecule has 0 atom stereocenters. The number of hydrogen-bond donors (Lipinski definition) is 0. The zero-order valence-electron chi connectivity index (χ0n) is 8.17. The van der Waals surface area contributed by atoms with Crippen LogP contribution in [0.15, 0.2) is 18.3 Å². The Morgan fingerprint density at radius 2 is 2.15 bits per heavy atom. The summed E-state index contributed by atoms with van der Waals surface area (Å²) in [5.74, 6) is -0.329. The summed E-state index contributed by atoms with van der Waals surface area (Å²) in [6.45, 7) is 6.52. The molecule has 0 bridgehead atoms. The summed E-state index contributed by atoms with van der Waals surface area (Å²) >= 11 is 0. The Morgan fingerprint density at radius 1 is 1.46 bits per heavy atom. The van der Waals surface area contributed by atoms with E-state index in [1.54, 1.807) is 6.07 Å². The Labute approximate surface area is 77.8 Å². The molecule has 1 aromatic rings. The second-order valence-corrected chi connectivity index (χ2v) is 4.14. The maximum absolute atomic E-state index is 13.0. The first-order valence-electron chi connectivity index (χ1n) is 4.22. The molecular weight excluding hydrogens is 169 g/mol. The van der Waals surface area contributed by atoms with Crippen molar-refractivity contribution in [3.05, 3.63) is 24.1 Å². The lowest BCUT2D eigenvalue weighted by atomic mass is 9.99. The highest BCUT2D eigenvalue weighted by Gasteiger charge is 2.13. The van der Waals surface area contributed by atoms with Gasteiger partial charge in [-0.3, -0.25) is 0 Å². The largest absolute Gasteiger partial charge is 0.475 e. The highest BCUT2D eigenvalue weighted by molar-refractivity contribution is 5.12. The second kappa shape index (κ2) is 3.73. The summed E-state index contributed by atoms with van der Waals surface area (Å²) in [7, 11) is 0. The average Bonchev–Trinajstić information content (AvgIpc) is 2.01. The summed E-state index contributed by atoms with van der Waals surface area (Å²) in [5.41, 5.74) is 0.0178. The van der Waals surface area contributed by atoms with E-state index in [9.17, 15) is 4.39 Å². The van der Waals surface area contributed by atoms with Crippen LogP contribution in [0.4, 0.5) is 4.39 Å². The fourth-order valence-corrected chi connectivity index (χ4v) is 0.762. The fourth-order valence-electron chi connectivity index (χ4n) is 0.762. The lowest BCUT2D eigenvalue weighted by Gasteiger charge is -2.18. The van der Waals surface area contributed by atoms with Gasteiger partial charge < -0.3 is 4.74 Å². The van der Waals surface area contributed by atoms with E-state index in [1.165, 1.54) is 12.3 Å². The Morgan fingerprint density at radius 3 is 2.69 bits per heavy atom. The van der Waals surface area contributed by atoms with E-state index in [2.05, 4.69) is 4.98 Å². The molecule has 3 heteroatoms. The molecule has 0 unspecified atom stereocenters. The van der Waals surface area contributed by atoms with E-state index in [0.29, 0.717) is 6.61 Å². The van der Waals surface area contributed by atoms with Crippen molar-refractivity contribution < 1.29 is 9.13 Å². The Bertz CT molecular complexity index is 280. The van der Waals surface area contributed by atoms with Crippen LogP contribution in [0, 0.1) is 11.2 Å². The van der Waals surface area contributed by atoms with Gasteiger partial charge in [0.05, 0.1) is 6.61 Å². The molecule has 0 N–H and O–H groups in total. The lowest BCUT2D eigenvalue weighted by Crippen LogP contribution is -2.17. The molecule has 1 aromatic heterocycles. The molecule has 1 rings (SSSR count). The van der Waals surface area contributed by atoms with E-state index in [0.717, 1.165) is 0 Å². The number of nitrogens with zero attached hydrogens (tertiary/aromatic N) is 1. The van der Waals surface area contributed by atoms with E-state index in [-0.39, 0.29) is 11.3 Å². The van der Waals surface area contributed by atoms with Crippen LogP contribution in [0.1, 0.15) is 20.8 Å². The maximum Gasteiger partial charge on any atom is 0.250 e. The minimum absolute atomic E-state index is 0.0178. The van der Waals surface area contributed by atoms with E-state index in [1.807, 2.05) is 20.8 Å². The second-order valence-electron chi connectivity index (χ2n) is 4.14. The van der Waals surface area contributed by atoms with Gasteiger partial charge in [0, 0.05) is 6.20 Å². The van der Waals surface area contributed by atoms with Crippen molar-refractivity contribution in [2.24, 2.45) is 5.41 Å². The van der Waals surface area contributed by atoms with Crippen LogP contribution < -0.4 is 4.74 Å². The minimum Gasteiger partial charge on any atom is -0.475 e. The predicted molar refractivity (Wildman–Crippen MR) is 49.1 cm³/mol. The lowest BCUT2D eigenvalue weighted by molar-refractivity contribution is 0.184. The first kappa shape index (κ1) is 9.96. The third kappa shape index (κ3) is 3.40. The molecule has 0 radical (unpaired) electrons. The number of rotatable bonds is 2. The van der Waals surface area contributed by atoms with Gasteiger partial charge in [0.15, 0.2) is 5.82 Å². The summed E-state index contributed by atoms with van der Waals surface area (Å²) in [6, 6.07) is 2.88. The highest BCUT2D eigenvalue weighted by Crippen LogP contribution is 2.17. The van der Waals surface area contributed by atoms with Crippen molar-refractivity contribution in [3.63, 3.8) is 0 Å². The van der Waals surface area contributed by atoms with Crippen LogP contribution in [-0.4, -0.2) is 11.6 Å². The van der Waals surface area contributed by atoms with Gasteiger partial charge in [-0.1, -0.05) is 20.8 Å². The molecule has 72 valence electrons. The van der Waals surface area contributed by atoms with Gasteiger partial charge >= 0.3 is 0 Å². The molecule has 0 fully saturated rings. The molecule has 0 saturated carbocycles. The molecule has 1 heterocycles. The average molecular weight is 183 g/mol. The molecule has 0 amide bonds. The number of ether oxygens (including phenoxy) is 1. The van der Waals surface area contributed by atoms with Gasteiger partial charge in [-0.25, -0.2) is 9.37 Å². The molecule has 0 aliphatic carbocycles. The van der Waals surface area contributed by atoms with Crippen molar-refractivity contribution >= 4 is 0 Å². The first-order chi connectivity index (χ1) is 5.99. The van der Waals surface area contributed by atoms with Crippen molar-refractivity contribution in [1.29, 1.82) is 0 Å². The van der Waals surface area contributed by atoms with E-state index in [4.69, 9.17) is 4.74 Å². The van der Waals surface area contributed by atoms with Crippen LogP contribution in [0.2, 0.25) is 0 Å². The minimum atomic E-state index is -0.410. The van der Waals surface area contributed by atoms with Crippen LogP contribution in [0.5, 0.6) is 5.88 Å². The normalized spacial score (nSPS) is 11.4. The molecule has 0 saturated heterocycles. The van der Waals surface area contributed by atoms with Crippen molar-refractivity contribution in [3.8, 4) is 5.88 Å². The van der Waals surface area contributed by atoms with Gasteiger partial charge in [-0.05, 0) is 17.5 Å². The summed E-state index contributed by atoms with van der Waals surface area (Å²) in [5, 5.41) is 0. The SMILES string of the molecule is CC(C)(C)COc1ncccc1F. The van der Waals surface area contributed by atoms with Crippen molar-refractivity contribution in [1.82, 2.24) is 4.98 Å². The third-order valence-electron chi connectivity index (χ3n) is 1.37. The number of pyridine rings is 1. The summed E-state index contributed by atoms with van der Waals surface area (Å²) < 4.78 is 18.2.